The number of hydrogen-bond donors (Lipinski definition) is 1. The van der Waals surface area contributed by atoms with Crippen molar-refractivity contribution >= 4 is 0 Å². The third-order valence-electron chi connectivity index (χ3n) is 2.55. The van der Waals surface area contributed by atoms with Crippen LogP contribution in [0.4, 0.5) is 13.2 Å². The molecule has 1 rings (SSSR count). The summed E-state index contributed by atoms with van der Waals surface area (Å²) in [5.41, 5.74) is 0.0817. The summed E-state index contributed by atoms with van der Waals surface area (Å²) in [4.78, 5) is 0. The molecule has 16 heavy (non-hydrogen) atoms. The maximum absolute atomic E-state index is 12.5. The average molecular weight is 231 g/mol. The van der Waals surface area contributed by atoms with Crippen molar-refractivity contribution in [2.75, 3.05) is 7.05 Å². The van der Waals surface area contributed by atoms with Gasteiger partial charge in [0.25, 0.3) is 0 Å². The molecule has 0 heterocycles. The molecule has 0 aliphatic carbocycles. The largest absolute Gasteiger partial charge is 0.416 e. The van der Waals surface area contributed by atoms with Crippen LogP contribution >= 0.6 is 0 Å². The summed E-state index contributed by atoms with van der Waals surface area (Å²) >= 11 is 0. The molecule has 0 saturated carbocycles. The molecule has 0 saturated heterocycles. The summed E-state index contributed by atoms with van der Waals surface area (Å²) in [6.07, 6.45) is -4.27. The molecule has 1 N–H and O–H groups in total. The summed E-state index contributed by atoms with van der Waals surface area (Å²) in [7, 11) is 1.75. The van der Waals surface area contributed by atoms with Crippen LogP contribution in [-0.2, 0) is 6.18 Å². The van der Waals surface area contributed by atoms with Crippen molar-refractivity contribution in [3.05, 3.63) is 35.4 Å². The van der Waals surface area contributed by atoms with Gasteiger partial charge in [-0.3, -0.25) is 0 Å². The number of nitrogens with one attached hydrogen (secondary N) is 1. The van der Waals surface area contributed by atoms with Crippen molar-refractivity contribution in [2.24, 2.45) is 5.92 Å². The van der Waals surface area contributed by atoms with E-state index in [1.807, 2.05) is 13.8 Å². The van der Waals surface area contributed by atoms with Gasteiger partial charge in [-0.1, -0.05) is 26.0 Å². The monoisotopic (exact) mass is 231 g/mol. The van der Waals surface area contributed by atoms with Crippen LogP contribution in [0.2, 0.25) is 0 Å². The van der Waals surface area contributed by atoms with Gasteiger partial charge in [-0.2, -0.15) is 13.2 Å². The highest BCUT2D eigenvalue weighted by Gasteiger charge is 2.31. The summed E-state index contributed by atoms with van der Waals surface area (Å²) in [5, 5.41) is 3.03. The quantitative estimate of drug-likeness (QED) is 0.837. The minimum absolute atomic E-state index is 0.0534. The Kier molecular flexibility index (Phi) is 3.97. The Morgan fingerprint density at radius 2 is 1.81 bits per heavy atom. The first-order valence-electron chi connectivity index (χ1n) is 5.20. The van der Waals surface area contributed by atoms with Gasteiger partial charge in [-0.15, -0.1) is 0 Å². The molecule has 1 unspecified atom stereocenters. The second kappa shape index (κ2) is 4.87. The first kappa shape index (κ1) is 13.0. The van der Waals surface area contributed by atoms with Gasteiger partial charge in [0.2, 0.25) is 0 Å². The smallest absolute Gasteiger partial charge is 0.313 e. The van der Waals surface area contributed by atoms with Gasteiger partial charge in [-0.05, 0) is 30.7 Å². The molecular weight excluding hydrogens is 215 g/mol. The molecule has 4 heteroatoms. The molecule has 0 aliphatic rings. The Morgan fingerprint density at radius 3 is 2.25 bits per heavy atom. The molecule has 0 aliphatic heterocycles. The Hall–Kier alpha value is -1.03. The van der Waals surface area contributed by atoms with Crippen LogP contribution in [0.25, 0.3) is 0 Å². The predicted octanol–water partition coefficient (Wildman–Crippen LogP) is 3.62. The fourth-order valence-electron chi connectivity index (χ4n) is 1.79. The topological polar surface area (TPSA) is 12.0 Å². The van der Waals surface area contributed by atoms with E-state index in [4.69, 9.17) is 0 Å². The molecule has 0 spiro atoms. The molecule has 0 fully saturated rings. The van der Waals surface area contributed by atoms with E-state index in [1.54, 1.807) is 13.1 Å². The molecule has 1 aromatic rings. The van der Waals surface area contributed by atoms with Gasteiger partial charge in [-0.25, -0.2) is 0 Å². The van der Waals surface area contributed by atoms with Crippen molar-refractivity contribution in [3.8, 4) is 0 Å². The van der Waals surface area contributed by atoms with Crippen LogP contribution in [-0.4, -0.2) is 7.05 Å². The van der Waals surface area contributed by atoms with Crippen LogP contribution in [0.1, 0.15) is 31.0 Å². The minimum atomic E-state index is -4.27. The average Bonchev–Trinajstić information content (AvgIpc) is 2.17. The normalized spacial score (nSPS) is 14.2. The maximum atomic E-state index is 12.5. The molecular formula is C12H16F3N. The number of alkyl halides is 3. The number of rotatable bonds is 3. The van der Waals surface area contributed by atoms with E-state index in [1.165, 1.54) is 12.1 Å². The molecule has 0 amide bonds. The zero-order valence-electron chi connectivity index (χ0n) is 9.60. The lowest BCUT2D eigenvalue weighted by molar-refractivity contribution is -0.137. The van der Waals surface area contributed by atoms with Gasteiger partial charge in [0.05, 0.1) is 5.56 Å². The Balaban J connectivity index is 3.07. The van der Waals surface area contributed by atoms with E-state index in [-0.39, 0.29) is 12.0 Å². The maximum Gasteiger partial charge on any atom is 0.416 e. The highest BCUT2D eigenvalue weighted by atomic mass is 19.4. The van der Waals surface area contributed by atoms with Gasteiger partial charge >= 0.3 is 6.18 Å². The molecule has 0 aromatic heterocycles. The number of benzene rings is 1. The fourth-order valence-corrected chi connectivity index (χ4v) is 1.79. The Labute approximate surface area is 93.7 Å². The van der Waals surface area contributed by atoms with Gasteiger partial charge in [0.15, 0.2) is 0 Å². The van der Waals surface area contributed by atoms with E-state index in [2.05, 4.69) is 5.32 Å². The lowest BCUT2D eigenvalue weighted by atomic mass is 9.95. The lowest BCUT2D eigenvalue weighted by Gasteiger charge is -2.21. The van der Waals surface area contributed by atoms with E-state index >= 15 is 0 Å². The summed E-state index contributed by atoms with van der Waals surface area (Å²) in [5.74, 6) is 0.244. The second-order valence-electron chi connectivity index (χ2n) is 4.13. The fraction of sp³-hybridized carbons (Fsp3) is 0.500. The first-order valence-corrected chi connectivity index (χ1v) is 5.20. The zero-order chi connectivity index (χ0) is 12.3. The van der Waals surface area contributed by atoms with Crippen molar-refractivity contribution < 1.29 is 13.2 Å². The third-order valence-corrected chi connectivity index (χ3v) is 2.55. The first-order chi connectivity index (χ1) is 7.36. The summed E-state index contributed by atoms with van der Waals surface area (Å²) in [6, 6.07) is 5.42. The molecule has 0 bridgehead atoms. The zero-order valence-corrected chi connectivity index (χ0v) is 9.60. The molecule has 1 atom stereocenters. The van der Waals surface area contributed by atoms with Crippen molar-refractivity contribution in [1.29, 1.82) is 0 Å². The van der Waals surface area contributed by atoms with Gasteiger partial charge in [0.1, 0.15) is 0 Å². The van der Waals surface area contributed by atoms with Crippen molar-refractivity contribution in [2.45, 2.75) is 26.1 Å². The molecule has 1 nitrogen and oxygen atoms in total. The second-order valence-corrected chi connectivity index (χ2v) is 4.13. The van der Waals surface area contributed by atoms with Crippen LogP contribution in [0.5, 0.6) is 0 Å². The molecule has 90 valence electrons. The van der Waals surface area contributed by atoms with Crippen LogP contribution < -0.4 is 5.32 Å². The molecule has 1 aromatic carbocycles. The minimum Gasteiger partial charge on any atom is -0.313 e. The van der Waals surface area contributed by atoms with Crippen LogP contribution in [0.3, 0.4) is 0 Å². The lowest BCUT2D eigenvalue weighted by Crippen LogP contribution is -2.22. The van der Waals surface area contributed by atoms with Crippen LogP contribution in [0.15, 0.2) is 24.3 Å². The Morgan fingerprint density at radius 1 is 1.19 bits per heavy atom. The van der Waals surface area contributed by atoms with Gasteiger partial charge in [0, 0.05) is 6.04 Å². The number of hydrogen-bond acceptors (Lipinski definition) is 1. The number of halogens is 3. The van der Waals surface area contributed by atoms with Crippen molar-refractivity contribution in [1.82, 2.24) is 5.32 Å². The summed E-state index contributed by atoms with van der Waals surface area (Å²) in [6.45, 7) is 3.95. The van der Waals surface area contributed by atoms with Crippen LogP contribution in [0, 0.1) is 5.92 Å². The van der Waals surface area contributed by atoms with Gasteiger partial charge < -0.3 is 5.32 Å². The summed E-state index contributed by atoms with van der Waals surface area (Å²) < 4.78 is 37.5. The Bertz CT molecular complexity index is 344. The molecule has 0 radical (unpaired) electrons. The third kappa shape index (κ3) is 2.98. The SMILES string of the molecule is CNC(c1cccc(C(F)(F)F)c1)C(C)C. The highest BCUT2D eigenvalue weighted by Crippen LogP contribution is 2.31. The van der Waals surface area contributed by atoms with Crippen molar-refractivity contribution in [3.63, 3.8) is 0 Å². The van der Waals surface area contributed by atoms with E-state index in [0.717, 1.165) is 6.07 Å². The predicted molar refractivity (Wildman–Crippen MR) is 58.1 cm³/mol. The van der Waals surface area contributed by atoms with E-state index in [0.29, 0.717) is 5.56 Å². The highest BCUT2D eigenvalue weighted by molar-refractivity contribution is 5.28. The van der Waals surface area contributed by atoms with E-state index < -0.39 is 11.7 Å². The van der Waals surface area contributed by atoms with E-state index in [9.17, 15) is 13.2 Å². The standard InChI is InChI=1S/C12H16F3N/c1-8(2)11(16-3)9-5-4-6-10(7-9)12(13,14)15/h4-8,11,16H,1-3H3.